The number of benzene rings is 1. The van der Waals surface area contributed by atoms with Gasteiger partial charge in [0.05, 0.1) is 22.9 Å². The lowest BCUT2D eigenvalue weighted by Crippen LogP contribution is -2.37. The first-order valence-electron chi connectivity index (χ1n) is 8.72. The van der Waals surface area contributed by atoms with Crippen LogP contribution in [0.15, 0.2) is 18.2 Å². The summed E-state index contributed by atoms with van der Waals surface area (Å²) in [5.41, 5.74) is 6.25. The van der Waals surface area contributed by atoms with Crippen LogP contribution >= 0.6 is 0 Å². The van der Waals surface area contributed by atoms with Gasteiger partial charge in [-0.3, -0.25) is 14.8 Å². The number of carbonyl (C=O) groups is 2. The molecule has 1 aliphatic heterocycles. The number of likely N-dealkylation sites (tertiary alicyclic amines) is 1. The summed E-state index contributed by atoms with van der Waals surface area (Å²) in [7, 11) is 0. The van der Waals surface area contributed by atoms with E-state index in [-0.39, 0.29) is 27.9 Å². The van der Waals surface area contributed by atoms with Crippen molar-refractivity contribution in [3.05, 3.63) is 41.2 Å². The summed E-state index contributed by atoms with van der Waals surface area (Å²) in [6.45, 7) is 0.405. The van der Waals surface area contributed by atoms with Gasteiger partial charge in [-0.2, -0.15) is 5.10 Å². The molecule has 1 atom stereocenters. The maximum absolute atomic E-state index is 14.5. The second-order valence-corrected chi connectivity index (χ2v) is 6.75. The Bertz CT molecular complexity index is 1090. The number of carbonyl (C=O) groups excluding carboxylic acids is 1. The van der Waals surface area contributed by atoms with E-state index in [1.54, 1.807) is 6.07 Å². The van der Waals surface area contributed by atoms with Gasteiger partial charge in [0, 0.05) is 23.6 Å². The molecule has 146 valence electrons. The van der Waals surface area contributed by atoms with Crippen molar-refractivity contribution in [2.75, 3.05) is 6.54 Å². The molecule has 0 bridgehead atoms. The number of hydrogen-bond acceptors (Lipinski definition) is 3. The summed E-state index contributed by atoms with van der Waals surface area (Å²) in [5.74, 6) is -2.50. The van der Waals surface area contributed by atoms with E-state index in [1.807, 2.05) is 0 Å². The van der Waals surface area contributed by atoms with Crippen molar-refractivity contribution in [2.45, 2.75) is 25.3 Å². The standard InChI is InChI=1S/C18H17F2N5O3/c19-8-5-9(20)14-11(6-8)22-16(17(21)26)15(14)12-7-10(23-24-12)13-3-1-2-4-25(13)18(27)28/h5-7,13,22H,1-4H2,(H2,21,26)(H,23,24)(H,27,28)/t13-/m0/s1. The predicted octanol–water partition coefficient (Wildman–Crippen LogP) is 3.14. The number of amides is 2. The zero-order valence-corrected chi connectivity index (χ0v) is 14.6. The van der Waals surface area contributed by atoms with E-state index in [2.05, 4.69) is 15.2 Å². The average Bonchev–Trinajstić information content (AvgIpc) is 3.26. The Morgan fingerprint density at radius 3 is 2.75 bits per heavy atom. The van der Waals surface area contributed by atoms with Crippen LogP contribution in [0.1, 0.15) is 41.5 Å². The maximum Gasteiger partial charge on any atom is 0.407 e. The number of primary amides is 1. The highest BCUT2D eigenvalue weighted by atomic mass is 19.1. The lowest BCUT2D eigenvalue weighted by molar-refractivity contribution is 0.0996. The smallest absolute Gasteiger partial charge is 0.407 e. The van der Waals surface area contributed by atoms with Gasteiger partial charge in [0.1, 0.15) is 17.3 Å². The molecule has 0 saturated carbocycles. The molecule has 8 nitrogen and oxygen atoms in total. The minimum absolute atomic E-state index is 0.00742. The molecule has 0 aliphatic carbocycles. The minimum atomic E-state index is -1.03. The molecular weight excluding hydrogens is 372 g/mol. The van der Waals surface area contributed by atoms with Crippen molar-refractivity contribution in [1.82, 2.24) is 20.1 Å². The number of carboxylic acid groups (broad SMARTS) is 1. The van der Waals surface area contributed by atoms with Gasteiger partial charge in [-0.15, -0.1) is 0 Å². The Morgan fingerprint density at radius 2 is 2.04 bits per heavy atom. The predicted molar refractivity (Wildman–Crippen MR) is 95.6 cm³/mol. The Morgan fingerprint density at radius 1 is 1.25 bits per heavy atom. The first kappa shape index (κ1) is 18.0. The quantitative estimate of drug-likeness (QED) is 0.548. The molecule has 0 radical (unpaired) electrons. The van der Waals surface area contributed by atoms with Crippen molar-refractivity contribution in [1.29, 1.82) is 0 Å². The Balaban J connectivity index is 1.84. The van der Waals surface area contributed by atoms with E-state index < -0.39 is 29.7 Å². The van der Waals surface area contributed by atoms with Gasteiger partial charge in [-0.1, -0.05) is 0 Å². The molecule has 10 heteroatoms. The van der Waals surface area contributed by atoms with Crippen LogP contribution in [0, 0.1) is 11.6 Å². The fraction of sp³-hybridized carbons (Fsp3) is 0.278. The minimum Gasteiger partial charge on any atom is -0.465 e. The van der Waals surface area contributed by atoms with Crippen LogP contribution < -0.4 is 5.73 Å². The van der Waals surface area contributed by atoms with E-state index in [0.717, 1.165) is 18.9 Å². The number of nitrogens with one attached hydrogen (secondary N) is 2. The van der Waals surface area contributed by atoms with E-state index in [1.165, 1.54) is 4.90 Å². The largest absolute Gasteiger partial charge is 0.465 e. The molecule has 1 aromatic carbocycles. The van der Waals surface area contributed by atoms with Gasteiger partial charge in [-0.05, 0) is 31.4 Å². The molecule has 2 aromatic heterocycles. The molecule has 1 fully saturated rings. The molecule has 1 saturated heterocycles. The van der Waals surface area contributed by atoms with Crippen LogP contribution in [0.5, 0.6) is 0 Å². The van der Waals surface area contributed by atoms with Gasteiger partial charge >= 0.3 is 6.09 Å². The molecule has 2 amide bonds. The second kappa shape index (κ2) is 6.63. The van der Waals surface area contributed by atoms with Crippen molar-refractivity contribution >= 4 is 22.9 Å². The molecule has 0 unspecified atom stereocenters. The van der Waals surface area contributed by atoms with E-state index >= 15 is 0 Å². The Hall–Kier alpha value is -3.43. The van der Waals surface area contributed by atoms with Crippen molar-refractivity contribution < 1.29 is 23.5 Å². The summed E-state index contributed by atoms with van der Waals surface area (Å²) < 4.78 is 28.0. The zero-order valence-electron chi connectivity index (χ0n) is 14.6. The number of piperidine rings is 1. The maximum atomic E-state index is 14.5. The number of nitrogens with two attached hydrogens (primary N) is 1. The third-order valence-electron chi connectivity index (χ3n) is 5.02. The molecule has 3 heterocycles. The highest BCUT2D eigenvalue weighted by Crippen LogP contribution is 2.36. The average molecular weight is 389 g/mol. The lowest BCUT2D eigenvalue weighted by atomic mass is 9.98. The molecule has 1 aliphatic rings. The van der Waals surface area contributed by atoms with E-state index in [9.17, 15) is 23.5 Å². The number of aromatic amines is 2. The van der Waals surface area contributed by atoms with Crippen LogP contribution in [-0.4, -0.2) is 43.7 Å². The number of fused-ring (bicyclic) bond motifs is 1. The molecule has 5 N–H and O–H groups in total. The lowest BCUT2D eigenvalue weighted by Gasteiger charge is -2.32. The van der Waals surface area contributed by atoms with Gasteiger partial charge < -0.3 is 15.8 Å². The SMILES string of the molecule is NC(=O)c1[nH]c2cc(F)cc(F)c2c1-c1cc([C@@H]2CCCCN2C(=O)O)[nH]n1. The monoisotopic (exact) mass is 389 g/mol. The van der Waals surface area contributed by atoms with Crippen molar-refractivity contribution in [3.63, 3.8) is 0 Å². The number of hydrogen-bond donors (Lipinski definition) is 4. The van der Waals surface area contributed by atoms with Crippen LogP contribution in [-0.2, 0) is 0 Å². The summed E-state index contributed by atoms with van der Waals surface area (Å²) in [6, 6.07) is 2.93. The third-order valence-corrected chi connectivity index (χ3v) is 5.02. The van der Waals surface area contributed by atoms with Crippen molar-refractivity contribution in [2.24, 2.45) is 5.73 Å². The number of H-pyrrole nitrogens is 2. The summed E-state index contributed by atoms with van der Waals surface area (Å²) in [6.07, 6.45) is 1.21. The highest BCUT2D eigenvalue weighted by Gasteiger charge is 2.30. The molecule has 28 heavy (non-hydrogen) atoms. The second-order valence-electron chi connectivity index (χ2n) is 6.75. The van der Waals surface area contributed by atoms with Gasteiger partial charge in [0.15, 0.2) is 0 Å². The van der Waals surface area contributed by atoms with E-state index in [0.29, 0.717) is 24.7 Å². The van der Waals surface area contributed by atoms with Crippen LogP contribution in [0.3, 0.4) is 0 Å². The summed E-state index contributed by atoms with van der Waals surface area (Å²) in [4.78, 5) is 27.3. The molecular formula is C18H17F2N5O3. The molecule has 3 aromatic rings. The number of halogens is 2. The van der Waals surface area contributed by atoms with Gasteiger partial charge in [0.25, 0.3) is 5.91 Å². The highest BCUT2D eigenvalue weighted by molar-refractivity contribution is 6.08. The first-order chi connectivity index (χ1) is 13.4. The molecule has 0 spiro atoms. The van der Waals surface area contributed by atoms with Crippen LogP contribution in [0.2, 0.25) is 0 Å². The first-order valence-corrected chi connectivity index (χ1v) is 8.72. The fourth-order valence-electron chi connectivity index (χ4n) is 3.81. The number of aromatic nitrogens is 3. The van der Waals surface area contributed by atoms with E-state index in [4.69, 9.17) is 5.73 Å². The normalized spacial score (nSPS) is 17.2. The summed E-state index contributed by atoms with van der Waals surface area (Å²) in [5, 5.41) is 16.4. The van der Waals surface area contributed by atoms with Crippen molar-refractivity contribution in [3.8, 4) is 11.3 Å². The van der Waals surface area contributed by atoms with Crippen LogP contribution in [0.4, 0.5) is 13.6 Å². The van der Waals surface area contributed by atoms with Crippen LogP contribution in [0.25, 0.3) is 22.2 Å². The zero-order chi connectivity index (χ0) is 20.0. The van der Waals surface area contributed by atoms with Gasteiger partial charge in [0.2, 0.25) is 0 Å². The van der Waals surface area contributed by atoms with Gasteiger partial charge in [-0.25, -0.2) is 13.6 Å². The summed E-state index contributed by atoms with van der Waals surface area (Å²) >= 11 is 0. The number of nitrogens with zero attached hydrogens (tertiary/aromatic N) is 2. The fourth-order valence-corrected chi connectivity index (χ4v) is 3.81. The Labute approximate surface area is 157 Å². The Kier molecular flexibility index (Phi) is 4.25. The topological polar surface area (TPSA) is 128 Å². The third kappa shape index (κ3) is 2.86. The molecule has 4 rings (SSSR count). The number of rotatable bonds is 3.